The number of nitrogens with one attached hydrogen (secondary N) is 2. The van der Waals surface area contributed by atoms with Crippen LogP contribution in [0.3, 0.4) is 0 Å². The zero-order valence-corrected chi connectivity index (χ0v) is 18.0. The first-order valence-corrected chi connectivity index (χ1v) is 11.0. The summed E-state index contributed by atoms with van der Waals surface area (Å²) in [5.74, 6) is 0.520. The molecule has 156 valence electrons. The number of rotatable bonds is 4. The zero-order valence-electron chi connectivity index (χ0n) is 17.2. The number of carbonyl (C=O) groups is 1. The summed E-state index contributed by atoms with van der Waals surface area (Å²) < 4.78 is 1.51. The highest BCUT2D eigenvalue weighted by Crippen LogP contribution is 2.28. The number of hydrogen-bond donors (Lipinski definition) is 2. The van der Waals surface area contributed by atoms with Gasteiger partial charge in [-0.15, -0.1) is 11.3 Å². The van der Waals surface area contributed by atoms with E-state index in [1.54, 1.807) is 17.4 Å². The van der Waals surface area contributed by atoms with Crippen LogP contribution in [0.2, 0.25) is 0 Å². The van der Waals surface area contributed by atoms with Gasteiger partial charge in [-0.3, -0.25) is 14.6 Å². The van der Waals surface area contributed by atoms with Gasteiger partial charge in [-0.25, -0.2) is 4.98 Å². The third-order valence-electron chi connectivity index (χ3n) is 5.34. The minimum Gasteiger partial charge on any atom is -0.306 e. The van der Waals surface area contributed by atoms with Gasteiger partial charge in [-0.2, -0.15) is 9.78 Å². The molecule has 1 aromatic carbocycles. The Bertz CT molecular complexity index is 1330. The molecular formula is C23H21N5O2S. The Morgan fingerprint density at radius 1 is 1.16 bits per heavy atom. The van der Waals surface area contributed by atoms with Crippen LogP contribution in [0.4, 0.5) is 5.82 Å². The van der Waals surface area contributed by atoms with Gasteiger partial charge < -0.3 is 5.32 Å². The van der Waals surface area contributed by atoms with E-state index in [-0.39, 0.29) is 11.5 Å². The molecule has 7 nitrogen and oxygen atoms in total. The van der Waals surface area contributed by atoms with E-state index >= 15 is 0 Å². The van der Waals surface area contributed by atoms with E-state index < -0.39 is 0 Å². The maximum absolute atomic E-state index is 13.0. The highest BCUT2D eigenvalue weighted by Gasteiger charge is 2.21. The molecule has 2 N–H and O–H groups in total. The molecule has 31 heavy (non-hydrogen) atoms. The van der Waals surface area contributed by atoms with Gasteiger partial charge in [0.05, 0.1) is 10.6 Å². The number of H-pyrrole nitrogens is 1. The second kappa shape index (κ2) is 7.63. The lowest BCUT2D eigenvalue weighted by Crippen LogP contribution is -2.21. The summed E-state index contributed by atoms with van der Waals surface area (Å²) >= 11 is 1.55. The molecule has 3 heterocycles. The largest absolute Gasteiger partial charge is 0.306 e. The van der Waals surface area contributed by atoms with E-state index in [2.05, 4.69) is 20.4 Å². The van der Waals surface area contributed by atoms with Gasteiger partial charge in [-0.1, -0.05) is 23.3 Å². The number of anilines is 1. The van der Waals surface area contributed by atoms with Crippen molar-refractivity contribution in [1.82, 2.24) is 19.7 Å². The molecule has 0 aliphatic heterocycles. The lowest BCUT2D eigenvalue weighted by Gasteiger charge is -2.10. The van der Waals surface area contributed by atoms with E-state index in [9.17, 15) is 9.59 Å². The number of fused-ring (bicyclic) bond motifs is 1. The molecule has 0 radical (unpaired) electrons. The van der Waals surface area contributed by atoms with Crippen LogP contribution >= 0.6 is 11.3 Å². The molecule has 0 saturated heterocycles. The molecule has 1 amide bonds. The third-order valence-corrected chi connectivity index (χ3v) is 6.23. The first kappa shape index (κ1) is 19.4. The molecule has 5 rings (SSSR count). The number of hydrogen-bond acceptors (Lipinski definition) is 5. The molecule has 0 spiro atoms. The Labute approximate surface area is 182 Å². The molecule has 0 bridgehead atoms. The van der Waals surface area contributed by atoms with Crippen molar-refractivity contribution in [3.8, 4) is 16.5 Å². The number of thiophene rings is 1. The third kappa shape index (κ3) is 3.70. The molecule has 0 fully saturated rings. The Morgan fingerprint density at radius 3 is 2.71 bits per heavy atom. The zero-order chi connectivity index (χ0) is 21.5. The molecule has 8 heteroatoms. The smallest absolute Gasteiger partial charge is 0.256 e. The Kier molecular flexibility index (Phi) is 4.78. The van der Waals surface area contributed by atoms with Crippen LogP contribution in [0.5, 0.6) is 0 Å². The van der Waals surface area contributed by atoms with Crippen molar-refractivity contribution in [2.24, 2.45) is 0 Å². The summed E-state index contributed by atoms with van der Waals surface area (Å²) in [4.78, 5) is 34.0. The summed E-state index contributed by atoms with van der Waals surface area (Å²) in [6.45, 7) is 3.92. The maximum Gasteiger partial charge on any atom is 0.256 e. The van der Waals surface area contributed by atoms with E-state index in [1.165, 1.54) is 4.68 Å². The van der Waals surface area contributed by atoms with Gasteiger partial charge in [0.2, 0.25) is 5.95 Å². The predicted octanol–water partition coefficient (Wildman–Crippen LogP) is 4.04. The maximum atomic E-state index is 13.0. The van der Waals surface area contributed by atoms with Crippen LogP contribution in [0.1, 0.15) is 39.2 Å². The highest BCUT2D eigenvalue weighted by molar-refractivity contribution is 7.13. The fraction of sp³-hybridized carbons (Fsp3) is 0.217. The number of aromatic nitrogens is 4. The molecule has 0 unspecified atom stereocenters. The Morgan fingerprint density at radius 2 is 1.97 bits per heavy atom. The van der Waals surface area contributed by atoms with Crippen molar-refractivity contribution in [2.45, 2.75) is 33.1 Å². The first-order valence-electron chi connectivity index (χ1n) is 10.1. The van der Waals surface area contributed by atoms with Gasteiger partial charge in [0.15, 0.2) is 0 Å². The Hall–Kier alpha value is -3.52. The lowest BCUT2D eigenvalue weighted by molar-refractivity contribution is 0.102. The quantitative estimate of drug-likeness (QED) is 0.510. The number of amides is 1. The van der Waals surface area contributed by atoms with E-state index in [4.69, 9.17) is 0 Å². The summed E-state index contributed by atoms with van der Waals surface area (Å²) in [5, 5.41) is 9.57. The van der Waals surface area contributed by atoms with Crippen LogP contribution in [0.25, 0.3) is 16.5 Å². The fourth-order valence-corrected chi connectivity index (χ4v) is 4.68. The normalized spacial score (nSPS) is 12.7. The minimum atomic E-state index is -0.241. The number of aryl methyl sites for hydroxylation is 3. The number of aromatic amines is 1. The van der Waals surface area contributed by atoms with Gasteiger partial charge in [-0.05, 0) is 56.7 Å². The van der Waals surface area contributed by atoms with Gasteiger partial charge in [0.1, 0.15) is 11.5 Å². The van der Waals surface area contributed by atoms with Crippen molar-refractivity contribution in [2.75, 3.05) is 5.32 Å². The SMILES string of the molecule is Cc1cc(C)cc(C(=O)Nc2cc(-c3cccs3)nn2-c2nc3c(c(=O)[nH]2)CCC3)c1. The van der Waals surface area contributed by atoms with E-state index in [0.29, 0.717) is 23.0 Å². The van der Waals surface area contributed by atoms with Crippen molar-refractivity contribution in [1.29, 1.82) is 0 Å². The Balaban J connectivity index is 1.59. The fourth-order valence-electron chi connectivity index (χ4n) is 4.00. The molecule has 0 atom stereocenters. The molecular weight excluding hydrogens is 410 g/mol. The van der Waals surface area contributed by atoms with Gasteiger partial charge in [0.25, 0.3) is 11.5 Å². The molecule has 1 aliphatic carbocycles. The van der Waals surface area contributed by atoms with Crippen molar-refractivity contribution < 1.29 is 4.79 Å². The van der Waals surface area contributed by atoms with Crippen molar-refractivity contribution >= 4 is 23.1 Å². The average Bonchev–Trinajstić information content (AvgIpc) is 3.47. The van der Waals surface area contributed by atoms with Crippen molar-refractivity contribution in [3.05, 3.63) is 80.1 Å². The minimum absolute atomic E-state index is 0.141. The predicted molar refractivity (Wildman–Crippen MR) is 121 cm³/mol. The van der Waals surface area contributed by atoms with Crippen LogP contribution in [0.15, 0.2) is 46.6 Å². The second-order valence-corrected chi connectivity index (χ2v) is 8.75. The van der Waals surface area contributed by atoms with E-state index in [1.807, 2.05) is 49.6 Å². The van der Waals surface area contributed by atoms with Gasteiger partial charge in [0, 0.05) is 17.2 Å². The molecule has 1 aliphatic rings. The number of carbonyl (C=O) groups excluding carboxylic acids is 1. The van der Waals surface area contributed by atoms with Crippen LogP contribution in [0, 0.1) is 13.8 Å². The molecule has 0 saturated carbocycles. The van der Waals surface area contributed by atoms with Crippen LogP contribution < -0.4 is 10.9 Å². The molecule has 4 aromatic rings. The van der Waals surface area contributed by atoms with Crippen LogP contribution in [-0.4, -0.2) is 25.7 Å². The first-order chi connectivity index (χ1) is 15.0. The standard InChI is InChI=1S/C23H21N5O2S/c1-13-9-14(2)11-15(10-13)21(29)25-20-12-18(19-7-4-8-31-19)27-28(20)23-24-17-6-3-5-16(17)22(30)26-23/h4,7-12H,3,5-6H2,1-2H3,(H,25,29)(H,24,26,30). The number of nitrogens with zero attached hydrogens (tertiary/aromatic N) is 3. The summed E-state index contributed by atoms with van der Waals surface area (Å²) in [6, 6.07) is 11.4. The average molecular weight is 432 g/mol. The molecule has 3 aromatic heterocycles. The number of benzene rings is 1. The van der Waals surface area contributed by atoms with Crippen molar-refractivity contribution in [3.63, 3.8) is 0 Å². The van der Waals surface area contributed by atoms with Crippen LogP contribution in [-0.2, 0) is 12.8 Å². The lowest BCUT2D eigenvalue weighted by atomic mass is 10.1. The topological polar surface area (TPSA) is 92.7 Å². The second-order valence-electron chi connectivity index (χ2n) is 7.80. The van der Waals surface area contributed by atoms with E-state index in [0.717, 1.165) is 46.5 Å². The van der Waals surface area contributed by atoms with Gasteiger partial charge >= 0.3 is 0 Å². The summed E-state index contributed by atoms with van der Waals surface area (Å²) in [6.07, 6.45) is 2.44. The monoisotopic (exact) mass is 431 g/mol. The summed E-state index contributed by atoms with van der Waals surface area (Å²) in [5.41, 5.74) is 4.71. The highest BCUT2D eigenvalue weighted by atomic mass is 32.1. The summed E-state index contributed by atoms with van der Waals surface area (Å²) in [7, 11) is 0.